The summed E-state index contributed by atoms with van der Waals surface area (Å²) < 4.78 is 5.21. The van der Waals surface area contributed by atoms with Gasteiger partial charge in [-0.05, 0) is 74.2 Å². The summed E-state index contributed by atoms with van der Waals surface area (Å²) in [5.74, 6) is 2.02. The van der Waals surface area contributed by atoms with Gasteiger partial charge in [0.15, 0.2) is 5.82 Å². The summed E-state index contributed by atoms with van der Waals surface area (Å²) in [6.07, 6.45) is 2.62. The van der Waals surface area contributed by atoms with Gasteiger partial charge in [0.2, 0.25) is 5.91 Å². The van der Waals surface area contributed by atoms with Gasteiger partial charge >= 0.3 is 0 Å². The van der Waals surface area contributed by atoms with Crippen LogP contribution in [0.1, 0.15) is 25.3 Å². The van der Waals surface area contributed by atoms with Gasteiger partial charge in [-0.3, -0.25) is 4.79 Å². The molecule has 3 aromatic rings. The molecule has 6 heteroatoms. The Morgan fingerprint density at radius 2 is 1.72 bits per heavy atom. The third-order valence-electron chi connectivity index (χ3n) is 6.65. The van der Waals surface area contributed by atoms with Gasteiger partial charge in [-0.2, -0.15) is 0 Å². The molecular weight excluding hydrogens is 400 g/mol. The predicted octanol–water partition coefficient (Wildman–Crippen LogP) is 4.35. The highest BCUT2D eigenvalue weighted by Crippen LogP contribution is 2.35. The Balaban J connectivity index is 1.22. The van der Waals surface area contributed by atoms with E-state index in [1.54, 1.807) is 7.11 Å². The number of anilines is 2. The topological polar surface area (TPSA) is 58.6 Å². The van der Waals surface area contributed by atoms with Gasteiger partial charge in [0.25, 0.3) is 0 Å². The first-order valence-corrected chi connectivity index (χ1v) is 11.3. The maximum atomic E-state index is 13.3. The predicted molar refractivity (Wildman–Crippen MR) is 126 cm³/mol. The zero-order valence-electron chi connectivity index (χ0n) is 18.6. The Morgan fingerprint density at radius 1 is 0.969 bits per heavy atom. The lowest BCUT2D eigenvalue weighted by atomic mass is 9.94. The van der Waals surface area contributed by atoms with E-state index < -0.39 is 0 Å². The molecule has 0 saturated carbocycles. The van der Waals surface area contributed by atoms with Crippen LogP contribution in [0.25, 0.3) is 11.3 Å². The summed E-state index contributed by atoms with van der Waals surface area (Å²) in [6.45, 7) is 3.78. The Bertz CT molecular complexity index is 1090. The van der Waals surface area contributed by atoms with Gasteiger partial charge in [0.05, 0.1) is 12.8 Å². The SMILES string of the molecule is COc1ccc(-c2ccc(N3CCC(C(=O)N4c5ccccc5CC4C)CC3)nn2)cc1. The second-order valence-corrected chi connectivity index (χ2v) is 8.66. The summed E-state index contributed by atoms with van der Waals surface area (Å²) in [6, 6.07) is 20.4. The number of aromatic nitrogens is 2. The molecule has 1 atom stereocenters. The lowest BCUT2D eigenvalue weighted by Gasteiger charge is -2.35. The van der Waals surface area contributed by atoms with E-state index in [0.717, 1.165) is 60.9 Å². The van der Waals surface area contributed by atoms with Crippen molar-refractivity contribution in [1.29, 1.82) is 0 Å². The second-order valence-electron chi connectivity index (χ2n) is 8.66. The smallest absolute Gasteiger partial charge is 0.230 e. The monoisotopic (exact) mass is 428 g/mol. The Kier molecular flexibility index (Phi) is 5.52. The number of rotatable bonds is 4. The van der Waals surface area contributed by atoms with Crippen molar-refractivity contribution < 1.29 is 9.53 Å². The third-order valence-corrected chi connectivity index (χ3v) is 6.65. The quantitative estimate of drug-likeness (QED) is 0.619. The number of nitrogens with zero attached hydrogens (tertiary/aromatic N) is 4. The lowest BCUT2D eigenvalue weighted by molar-refractivity contribution is -0.123. The van der Waals surface area contributed by atoms with E-state index >= 15 is 0 Å². The Morgan fingerprint density at radius 3 is 2.41 bits per heavy atom. The van der Waals surface area contributed by atoms with Crippen molar-refractivity contribution in [2.75, 3.05) is 30.0 Å². The summed E-state index contributed by atoms with van der Waals surface area (Å²) in [5, 5.41) is 8.88. The molecule has 0 radical (unpaired) electrons. The average Bonchev–Trinajstić information content (AvgIpc) is 3.19. The molecule has 1 saturated heterocycles. The molecule has 5 rings (SSSR count). The number of carbonyl (C=O) groups excluding carboxylic acids is 1. The zero-order valence-corrected chi connectivity index (χ0v) is 18.6. The minimum atomic E-state index is 0.0615. The summed E-state index contributed by atoms with van der Waals surface area (Å²) in [4.78, 5) is 17.6. The maximum Gasteiger partial charge on any atom is 0.230 e. The molecule has 1 amide bonds. The van der Waals surface area contributed by atoms with Crippen LogP contribution in [-0.4, -0.2) is 42.3 Å². The van der Waals surface area contributed by atoms with Crippen molar-refractivity contribution >= 4 is 17.4 Å². The second kappa shape index (κ2) is 8.61. The minimum Gasteiger partial charge on any atom is -0.497 e. The fourth-order valence-electron chi connectivity index (χ4n) is 4.86. The maximum absolute atomic E-state index is 13.3. The van der Waals surface area contributed by atoms with Gasteiger partial charge in [0, 0.05) is 36.3 Å². The van der Waals surface area contributed by atoms with Crippen LogP contribution in [0.3, 0.4) is 0 Å². The lowest BCUT2D eigenvalue weighted by Crippen LogP contribution is -2.45. The van der Waals surface area contributed by atoms with E-state index in [1.807, 2.05) is 47.4 Å². The molecule has 6 nitrogen and oxygen atoms in total. The van der Waals surface area contributed by atoms with Crippen LogP contribution in [0.5, 0.6) is 5.75 Å². The normalized spacial score (nSPS) is 18.5. The molecule has 3 heterocycles. The number of hydrogen-bond donors (Lipinski definition) is 0. The van der Waals surface area contributed by atoms with Gasteiger partial charge in [0.1, 0.15) is 5.75 Å². The van der Waals surface area contributed by atoms with E-state index in [4.69, 9.17) is 4.74 Å². The molecule has 2 aliphatic rings. The molecule has 0 bridgehead atoms. The van der Waals surface area contributed by atoms with Gasteiger partial charge in [-0.15, -0.1) is 10.2 Å². The number of amides is 1. The summed E-state index contributed by atoms with van der Waals surface area (Å²) in [5.41, 5.74) is 4.21. The number of methoxy groups -OCH3 is 1. The number of carbonyl (C=O) groups is 1. The Labute approximate surface area is 188 Å². The highest BCUT2D eigenvalue weighted by molar-refractivity contribution is 5.97. The first-order chi connectivity index (χ1) is 15.6. The van der Waals surface area contributed by atoms with Gasteiger partial charge in [-0.25, -0.2) is 0 Å². The molecular formula is C26H28N4O2. The molecule has 1 fully saturated rings. The van der Waals surface area contributed by atoms with E-state index in [0.29, 0.717) is 0 Å². The number of fused-ring (bicyclic) bond motifs is 1. The highest BCUT2D eigenvalue weighted by atomic mass is 16.5. The van der Waals surface area contributed by atoms with Crippen LogP contribution in [0.2, 0.25) is 0 Å². The highest BCUT2D eigenvalue weighted by Gasteiger charge is 2.36. The van der Waals surface area contributed by atoms with Crippen molar-refractivity contribution in [3.8, 4) is 17.0 Å². The summed E-state index contributed by atoms with van der Waals surface area (Å²) in [7, 11) is 1.66. The molecule has 0 spiro atoms. The zero-order chi connectivity index (χ0) is 22.1. The number of ether oxygens (including phenoxy) is 1. The fraction of sp³-hybridized carbons (Fsp3) is 0.346. The van der Waals surface area contributed by atoms with E-state index in [-0.39, 0.29) is 17.9 Å². The Hall–Kier alpha value is -3.41. The standard InChI is InChI=1S/C26H28N4O2/c1-18-17-21-5-3-4-6-24(21)30(18)26(31)20-13-15-29(16-14-20)25-12-11-23(27-28-25)19-7-9-22(32-2)10-8-19/h3-12,18,20H,13-17H2,1-2H3. The number of para-hydroxylation sites is 1. The first-order valence-electron chi connectivity index (χ1n) is 11.3. The largest absolute Gasteiger partial charge is 0.497 e. The molecule has 1 unspecified atom stereocenters. The van der Waals surface area contributed by atoms with Gasteiger partial charge < -0.3 is 14.5 Å². The van der Waals surface area contributed by atoms with Crippen LogP contribution >= 0.6 is 0 Å². The number of piperidine rings is 1. The molecule has 2 aliphatic heterocycles. The molecule has 0 aliphatic carbocycles. The fourth-order valence-corrected chi connectivity index (χ4v) is 4.86. The van der Waals surface area contributed by atoms with Crippen LogP contribution in [-0.2, 0) is 11.2 Å². The van der Waals surface area contributed by atoms with Crippen LogP contribution in [0, 0.1) is 5.92 Å². The summed E-state index contributed by atoms with van der Waals surface area (Å²) >= 11 is 0. The molecule has 1 aromatic heterocycles. The molecule has 2 aromatic carbocycles. The van der Waals surface area contributed by atoms with Crippen LogP contribution in [0.15, 0.2) is 60.7 Å². The average molecular weight is 429 g/mol. The number of benzene rings is 2. The number of hydrogen-bond acceptors (Lipinski definition) is 5. The van der Waals surface area contributed by atoms with Crippen molar-refractivity contribution in [3.63, 3.8) is 0 Å². The molecule has 0 N–H and O–H groups in total. The molecule has 164 valence electrons. The van der Waals surface area contributed by atoms with Crippen molar-refractivity contribution in [2.24, 2.45) is 5.92 Å². The van der Waals surface area contributed by atoms with Crippen LogP contribution < -0.4 is 14.5 Å². The van der Waals surface area contributed by atoms with E-state index in [2.05, 4.69) is 40.2 Å². The third kappa shape index (κ3) is 3.81. The van der Waals surface area contributed by atoms with E-state index in [1.165, 1.54) is 5.56 Å². The van der Waals surface area contributed by atoms with Crippen molar-refractivity contribution in [3.05, 3.63) is 66.2 Å². The van der Waals surface area contributed by atoms with Gasteiger partial charge in [-0.1, -0.05) is 18.2 Å². The minimum absolute atomic E-state index is 0.0615. The van der Waals surface area contributed by atoms with E-state index in [9.17, 15) is 4.79 Å². The first kappa shape index (κ1) is 20.5. The van der Waals surface area contributed by atoms with Crippen molar-refractivity contribution in [2.45, 2.75) is 32.2 Å². The van der Waals surface area contributed by atoms with Crippen LogP contribution in [0.4, 0.5) is 11.5 Å². The molecule has 32 heavy (non-hydrogen) atoms. The van der Waals surface area contributed by atoms with Crippen molar-refractivity contribution in [1.82, 2.24) is 10.2 Å².